The van der Waals surface area contributed by atoms with Crippen molar-refractivity contribution in [3.8, 4) is 0 Å². The SMILES string of the molecule is Cc1nc2n(n1)CC(NC(=O)N1CCC(CCCN(C)C)CC1)CC2. The highest BCUT2D eigenvalue weighted by molar-refractivity contribution is 5.74. The van der Waals surface area contributed by atoms with Gasteiger partial charge < -0.3 is 15.1 Å². The van der Waals surface area contributed by atoms with E-state index in [9.17, 15) is 4.79 Å². The summed E-state index contributed by atoms with van der Waals surface area (Å²) < 4.78 is 1.95. The first kappa shape index (κ1) is 18.2. The van der Waals surface area contributed by atoms with E-state index in [1.807, 2.05) is 16.5 Å². The molecular weight excluding hydrogens is 316 g/mol. The molecule has 0 bridgehead atoms. The molecule has 1 aromatic rings. The van der Waals surface area contributed by atoms with Crippen molar-refractivity contribution in [2.45, 2.75) is 58.0 Å². The number of nitrogens with zero attached hydrogens (tertiary/aromatic N) is 5. The standard InChI is InChI=1S/C18H32N6O/c1-14-19-17-7-6-16(13-24(17)21-14)20-18(25)23-11-8-15(9-12-23)5-4-10-22(2)3/h15-16H,4-13H2,1-3H3,(H,20,25). The van der Waals surface area contributed by atoms with Crippen LogP contribution in [-0.2, 0) is 13.0 Å². The van der Waals surface area contributed by atoms with Gasteiger partial charge in [0.2, 0.25) is 0 Å². The highest BCUT2D eigenvalue weighted by atomic mass is 16.2. The first-order chi connectivity index (χ1) is 12.0. The monoisotopic (exact) mass is 348 g/mol. The number of rotatable bonds is 5. The number of carbonyl (C=O) groups is 1. The molecular formula is C18H32N6O. The Balaban J connectivity index is 1.40. The maximum atomic E-state index is 12.6. The third kappa shape index (κ3) is 4.93. The molecule has 2 amide bonds. The molecule has 1 unspecified atom stereocenters. The van der Waals surface area contributed by atoms with Gasteiger partial charge in [-0.05, 0) is 65.6 Å². The third-order valence-electron chi connectivity index (χ3n) is 5.41. The fourth-order valence-corrected chi connectivity index (χ4v) is 3.94. The van der Waals surface area contributed by atoms with Crippen LogP contribution in [0.15, 0.2) is 0 Å². The van der Waals surface area contributed by atoms with Gasteiger partial charge in [-0.3, -0.25) is 0 Å². The van der Waals surface area contributed by atoms with Crippen LogP contribution in [0.25, 0.3) is 0 Å². The van der Waals surface area contributed by atoms with Crippen LogP contribution in [0.1, 0.15) is 43.8 Å². The molecule has 2 aliphatic rings. The van der Waals surface area contributed by atoms with Crippen LogP contribution in [0, 0.1) is 12.8 Å². The van der Waals surface area contributed by atoms with Crippen LogP contribution in [0.2, 0.25) is 0 Å². The summed E-state index contributed by atoms with van der Waals surface area (Å²) in [5.41, 5.74) is 0. The minimum absolute atomic E-state index is 0.0945. The van der Waals surface area contributed by atoms with E-state index < -0.39 is 0 Å². The summed E-state index contributed by atoms with van der Waals surface area (Å²) in [6, 6.07) is 0.260. The van der Waals surface area contributed by atoms with Gasteiger partial charge in [-0.2, -0.15) is 5.10 Å². The largest absolute Gasteiger partial charge is 0.333 e. The fourth-order valence-electron chi connectivity index (χ4n) is 3.94. The Morgan fingerprint density at radius 3 is 2.76 bits per heavy atom. The van der Waals surface area contributed by atoms with E-state index in [2.05, 4.69) is 34.4 Å². The van der Waals surface area contributed by atoms with Gasteiger partial charge in [0, 0.05) is 19.5 Å². The summed E-state index contributed by atoms with van der Waals surface area (Å²) in [7, 11) is 4.25. The predicted molar refractivity (Wildman–Crippen MR) is 97.5 cm³/mol. The number of aromatic nitrogens is 3. The average Bonchev–Trinajstić information content (AvgIpc) is 2.94. The van der Waals surface area contributed by atoms with Crippen molar-refractivity contribution in [1.29, 1.82) is 0 Å². The number of amides is 2. The van der Waals surface area contributed by atoms with Crippen LogP contribution in [0.3, 0.4) is 0 Å². The molecule has 0 aliphatic carbocycles. The lowest BCUT2D eigenvalue weighted by atomic mass is 9.92. The number of urea groups is 1. The molecule has 25 heavy (non-hydrogen) atoms. The number of carbonyl (C=O) groups excluding carboxylic acids is 1. The molecule has 1 aromatic heterocycles. The summed E-state index contributed by atoms with van der Waals surface area (Å²) in [4.78, 5) is 21.2. The first-order valence-electron chi connectivity index (χ1n) is 9.61. The van der Waals surface area contributed by atoms with Crippen molar-refractivity contribution in [2.24, 2.45) is 5.92 Å². The topological polar surface area (TPSA) is 66.3 Å². The number of hydrogen-bond acceptors (Lipinski definition) is 4. The second-order valence-electron chi connectivity index (χ2n) is 7.82. The summed E-state index contributed by atoms with van der Waals surface area (Å²) in [6.07, 6.45) is 6.65. The van der Waals surface area contributed by atoms with Crippen molar-refractivity contribution >= 4 is 6.03 Å². The zero-order chi connectivity index (χ0) is 17.8. The molecule has 0 aromatic carbocycles. The van der Waals surface area contributed by atoms with Crippen molar-refractivity contribution in [3.05, 3.63) is 11.6 Å². The molecule has 7 nitrogen and oxygen atoms in total. The van der Waals surface area contributed by atoms with Gasteiger partial charge in [0.25, 0.3) is 0 Å². The van der Waals surface area contributed by atoms with E-state index >= 15 is 0 Å². The molecule has 1 N–H and O–H groups in total. The molecule has 7 heteroatoms. The number of fused-ring (bicyclic) bond motifs is 1. The molecule has 2 aliphatic heterocycles. The molecule has 0 saturated carbocycles. The van der Waals surface area contributed by atoms with Gasteiger partial charge in [-0.15, -0.1) is 0 Å². The molecule has 140 valence electrons. The van der Waals surface area contributed by atoms with E-state index in [1.165, 1.54) is 12.8 Å². The molecule has 0 spiro atoms. The fraction of sp³-hybridized carbons (Fsp3) is 0.833. The number of aryl methyl sites for hydroxylation is 2. The average molecular weight is 348 g/mol. The van der Waals surface area contributed by atoms with Crippen LogP contribution in [-0.4, -0.2) is 70.4 Å². The van der Waals surface area contributed by atoms with Gasteiger partial charge in [0.15, 0.2) is 0 Å². The van der Waals surface area contributed by atoms with Gasteiger partial charge >= 0.3 is 6.03 Å². The smallest absolute Gasteiger partial charge is 0.317 e. The number of piperidine rings is 1. The quantitative estimate of drug-likeness (QED) is 0.879. The van der Waals surface area contributed by atoms with Gasteiger partial charge in [-0.1, -0.05) is 0 Å². The zero-order valence-electron chi connectivity index (χ0n) is 15.9. The molecule has 1 saturated heterocycles. The Morgan fingerprint density at radius 1 is 1.28 bits per heavy atom. The maximum absolute atomic E-state index is 12.6. The minimum atomic E-state index is 0.0945. The summed E-state index contributed by atoms with van der Waals surface area (Å²) in [5, 5.41) is 7.61. The number of nitrogens with one attached hydrogen (secondary N) is 1. The maximum Gasteiger partial charge on any atom is 0.317 e. The van der Waals surface area contributed by atoms with E-state index in [4.69, 9.17) is 0 Å². The van der Waals surface area contributed by atoms with Crippen LogP contribution in [0.5, 0.6) is 0 Å². The third-order valence-corrected chi connectivity index (χ3v) is 5.41. The molecule has 0 radical (unpaired) electrons. The Morgan fingerprint density at radius 2 is 2.04 bits per heavy atom. The van der Waals surface area contributed by atoms with Crippen LogP contribution in [0.4, 0.5) is 4.79 Å². The Kier molecular flexibility index (Phi) is 5.93. The second-order valence-corrected chi connectivity index (χ2v) is 7.82. The van der Waals surface area contributed by atoms with Crippen LogP contribution < -0.4 is 5.32 Å². The normalized spacial score (nSPS) is 21.4. The van der Waals surface area contributed by atoms with Crippen molar-refractivity contribution < 1.29 is 4.79 Å². The molecule has 1 atom stereocenters. The molecule has 1 fully saturated rings. The lowest BCUT2D eigenvalue weighted by Gasteiger charge is -2.34. The Labute approximate surface area is 150 Å². The number of hydrogen-bond donors (Lipinski definition) is 1. The van der Waals surface area contributed by atoms with Gasteiger partial charge in [0.1, 0.15) is 11.6 Å². The van der Waals surface area contributed by atoms with Crippen molar-refractivity contribution in [1.82, 2.24) is 29.9 Å². The van der Waals surface area contributed by atoms with Crippen molar-refractivity contribution in [2.75, 3.05) is 33.7 Å². The zero-order valence-corrected chi connectivity index (χ0v) is 15.9. The Hall–Kier alpha value is -1.63. The van der Waals surface area contributed by atoms with Gasteiger partial charge in [0.05, 0.1) is 12.6 Å². The summed E-state index contributed by atoms with van der Waals surface area (Å²) in [5.74, 6) is 2.64. The van der Waals surface area contributed by atoms with E-state index in [1.54, 1.807) is 0 Å². The van der Waals surface area contributed by atoms with Crippen LogP contribution >= 0.6 is 0 Å². The Bertz CT molecular complexity index is 576. The molecule has 3 rings (SSSR count). The molecule has 3 heterocycles. The predicted octanol–water partition coefficient (Wildman–Crippen LogP) is 1.66. The highest BCUT2D eigenvalue weighted by Crippen LogP contribution is 2.22. The summed E-state index contributed by atoms with van der Waals surface area (Å²) in [6.45, 7) is 5.59. The summed E-state index contributed by atoms with van der Waals surface area (Å²) >= 11 is 0. The van der Waals surface area contributed by atoms with E-state index in [-0.39, 0.29) is 12.1 Å². The lowest BCUT2D eigenvalue weighted by Crippen LogP contribution is -2.50. The van der Waals surface area contributed by atoms with Gasteiger partial charge in [-0.25, -0.2) is 14.5 Å². The second kappa shape index (κ2) is 8.17. The van der Waals surface area contributed by atoms with E-state index in [0.29, 0.717) is 0 Å². The highest BCUT2D eigenvalue weighted by Gasteiger charge is 2.26. The lowest BCUT2D eigenvalue weighted by molar-refractivity contribution is 0.160. The first-order valence-corrected chi connectivity index (χ1v) is 9.61. The minimum Gasteiger partial charge on any atom is -0.333 e. The number of likely N-dealkylation sites (tertiary alicyclic amines) is 1. The van der Waals surface area contributed by atoms with Crippen molar-refractivity contribution in [3.63, 3.8) is 0 Å². The van der Waals surface area contributed by atoms with E-state index in [0.717, 1.165) is 69.4 Å².